The van der Waals surface area contributed by atoms with E-state index in [1.807, 2.05) is 0 Å². The van der Waals surface area contributed by atoms with Crippen LogP contribution in [0.5, 0.6) is 0 Å². The zero-order valence-electron chi connectivity index (χ0n) is 15.3. The van der Waals surface area contributed by atoms with Crippen molar-refractivity contribution in [3.8, 4) is 0 Å². The number of rotatable bonds is 6. The molecule has 1 unspecified atom stereocenters. The van der Waals surface area contributed by atoms with Gasteiger partial charge in [0, 0.05) is 24.2 Å². The fourth-order valence-electron chi connectivity index (χ4n) is 2.61. The minimum absolute atomic E-state index is 0.0525. The van der Waals surface area contributed by atoms with Crippen LogP contribution in [0, 0.1) is 17.6 Å². The minimum atomic E-state index is -0.896. The third kappa shape index (κ3) is 5.04. The van der Waals surface area contributed by atoms with Crippen molar-refractivity contribution in [2.45, 2.75) is 26.4 Å². The molecule has 2 amide bonds. The molecule has 0 aromatic heterocycles. The number of hydrogen-bond donors (Lipinski definition) is 1. The van der Waals surface area contributed by atoms with Crippen LogP contribution in [0.3, 0.4) is 0 Å². The lowest BCUT2D eigenvalue weighted by Gasteiger charge is -2.27. The van der Waals surface area contributed by atoms with Crippen molar-refractivity contribution in [3.63, 3.8) is 0 Å². The average molecular weight is 395 g/mol. The molecule has 7 heteroatoms. The molecule has 0 radical (unpaired) electrons. The first-order chi connectivity index (χ1) is 12.7. The van der Waals surface area contributed by atoms with E-state index < -0.39 is 29.5 Å². The summed E-state index contributed by atoms with van der Waals surface area (Å²) >= 11 is 6.01. The summed E-state index contributed by atoms with van der Waals surface area (Å²) in [7, 11) is 1.50. The van der Waals surface area contributed by atoms with E-state index in [2.05, 4.69) is 5.32 Å². The maximum absolute atomic E-state index is 14.0. The summed E-state index contributed by atoms with van der Waals surface area (Å²) in [6.45, 7) is 3.46. The highest BCUT2D eigenvalue weighted by molar-refractivity contribution is 6.31. The van der Waals surface area contributed by atoms with Gasteiger partial charge >= 0.3 is 0 Å². The van der Waals surface area contributed by atoms with Crippen LogP contribution >= 0.6 is 11.6 Å². The van der Waals surface area contributed by atoms with E-state index in [9.17, 15) is 18.4 Å². The van der Waals surface area contributed by atoms with E-state index in [1.165, 1.54) is 54.4 Å². The predicted octanol–water partition coefficient (Wildman–Crippen LogP) is 4.03. The third-order valence-corrected chi connectivity index (χ3v) is 4.53. The molecule has 1 N–H and O–H groups in total. The molecule has 4 nitrogen and oxygen atoms in total. The highest BCUT2D eigenvalue weighted by Gasteiger charge is 2.28. The Bertz CT molecular complexity index is 822. The lowest BCUT2D eigenvalue weighted by Crippen LogP contribution is -2.50. The van der Waals surface area contributed by atoms with Crippen molar-refractivity contribution >= 4 is 23.4 Å². The van der Waals surface area contributed by atoms with Gasteiger partial charge < -0.3 is 10.2 Å². The van der Waals surface area contributed by atoms with Crippen molar-refractivity contribution in [2.24, 2.45) is 5.92 Å². The molecule has 0 spiro atoms. The van der Waals surface area contributed by atoms with Crippen LogP contribution < -0.4 is 5.32 Å². The molecule has 27 heavy (non-hydrogen) atoms. The molecule has 0 aliphatic rings. The van der Waals surface area contributed by atoms with Crippen LogP contribution in [0.1, 0.15) is 29.8 Å². The lowest BCUT2D eigenvalue weighted by molar-refractivity contribution is -0.133. The second-order valence-corrected chi connectivity index (χ2v) is 6.98. The number of hydrogen-bond acceptors (Lipinski definition) is 2. The lowest BCUT2D eigenvalue weighted by atomic mass is 10.0. The fraction of sp³-hybridized carbons (Fsp3) is 0.300. The SMILES string of the molecule is CC(C)C(NC(=O)c1ccccc1F)C(=O)N(C)Cc1c(F)cccc1Cl. The monoisotopic (exact) mass is 394 g/mol. The Kier molecular flexibility index (Phi) is 6.91. The Morgan fingerprint density at radius 1 is 1.07 bits per heavy atom. The fourth-order valence-corrected chi connectivity index (χ4v) is 2.84. The van der Waals surface area contributed by atoms with Gasteiger partial charge in [-0.15, -0.1) is 0 Å². The van der Waals surface area contributed by atoms with Gasteiger partial charge in [-0.3, -0.25) is 9.59 Å². The van der Waals surface area contributed by atoms with E-state index in [4.69, 9.17) is 11.6 Å². The average Bonchev–Trinajstić information content (AvgIpc) is 2.62. The summed E-state index contributed by atoms with van der Waals surface area (Å²) in [5.74, 6) is -2.55. The van der Waals surface area contributed by atoms with Crippen LogP contribution in [-0.2, 0) is 11.3 Å². The number of halogens is 3. The standard InChI is InChI=1S/C20H21ClF2N2O2/c1-12(2)18(24-19(26)13-7-4-5-9-16(13)22)20(27)25(3)11-14-15(21)8-6-10-17(14)23/h4-10,12,18H,11H2,1-3H3,(H,24,26). The van der Waals surface area contributed by atoms with Crippen molar-refractivity contribution in [1.29, 1.82) is 0 Å². The Morgan fingerprint density at radius 3 is 2.30 bits per heavy atom. The summed E-state index contributed by atoms with van der Waals surface area (Å²) in [4.78, 5) is 26.5. The summed E-state index contributed by atoms with van der Waals surface area (Å²) in [5, 5.41) is 2.79. The Balaban J connectivity index is 2.17. The van der Waals surface area contributed by atoms with Gasteiger partial charge in [0.25, 0.3) is 5.91 Å². The minimum Gasteiger partial charge on any atom is -0.340 e. The number of amides is 2. The number of carbonyl (C=O) groups excluding carboxylic acids is 2. The van der Waals surface area contributed by atoms with E-state index >= 15 is 0 Å². The molecule has 0 saturated heterocycles. The molecule has 0 aliphatic heterocycles. The molecular formula is C20H21ClF2N2O2. The summed E-state index contributed by atoms with van der Waals surface area (Å²) < 4.78 is 27.8. The number of carbonyl (C=O) groups is 2. The quantitative estimate of drug-likeness (QED) is 0.804. The van der Waals surface area contributed by atoms with Gasteiger partial charge in [-0.05, 0) is 30.2 Å². The number of likely N-dealkylation sites (N-methyl/N-ethyl adjacent to an activating group) is 1. The topological polar surface area (TPSA) is 49.4 Å². The predicted molar refractivity (Wildman–Crippen MR) is 100 cm³/mol. The van der Waals surface area contributed by atoms with Crippen molar-refractivity contribution < 1.29 is 18.4 Å². The third-order valence-electron chi connectivity index (χ3n) is 4.17. The molecule has 0 fully saturated rings. The van der Waals surface area contributed by atoms with Crippen LogP contribution in [0.25, 0.3) is 0 Å². The molecule has 2 aromatic rings. The zero-order valence-corrected chi connectivity index (χ0v) is 16.1. The van der Waals surface area contributed by atoms with Gasteiger partial charge in [0.15, 0.2) is 0 Å². The number of benzene rings is 2. The normalized spacial score (nSPS) is 12.0. The first kappa shape index (κ1) is 20.8. The van der Waals surface area contributed by atoms with Crippen molar-refractivity contribution in [2.75, 3.05) is 7.05 Å². The van der Waals surface area contributed by atoms with Crippen molar-refractivity contribution in [3.05, 3.63) is 70.2 Å². The van der Waals surface area contributed by atoms with Gasteiger partial charge in [0.2, 0.25) is 5.91 Å². The maximum atomic E-state index is 14.0. The van der Waals surface area contributed by atoms with Gasteiger partial charge in [-0.1, -0.05) is 43.6 Å². The second-order valence-electron chi connectivity index (χ2n) is 6.57. The molecule has 0 bridgehead atoms. The zero-order chi connectivity index (χ0) is 20.1. The highest BCUT2D eigenvalue weighted by Crippen LogP contribution is 2.21. The van der Waals surface area contributed by atoms with E-state index in [1.54, 1.807) is 13.8 Å². The van der Waals surface area contributed by atoms with E-state index in [-0.39, 0.29) is 28.6 Å². The molecular weight excluding hydrogens is 374 g/mol. The number of nitrogens with one attached hydrogen (secondary N) is 1. The summed E-state index contributed by atoms with van der Waals surface area (Å²) in [5.41, 5.74) is 0.0497. The van der Waals surface area contributed by atoms with Crippen LogP contribution in [0.2, 0.25) is 5.02 Å². The molecule has 0 aliphatic carbocycles. The Morgan fingerprint density at radius 2 is 1.70 bits per heavy atom. The van der Waals surface area contributed by atoms with E-state index in [0.29, 0.717) is 0 Å². The second kappa shape index (κ2) is 8.95. The molecule has 0 saturated carbocycles. The van der Waals surface area contributed by atoms with Gasteiger partial charge in [-0.2, -0.15) is 0 Å². The Hall–Kier alpha value is -2.47. The Labute approximate surface area is 162 Å². The van der Waals surface area contributed by atoms with Crippen LogP contribution in [-0.4, -0.2) is 29.8 Å². The molecule has 144 valence electrons. The summed E-state index contributed by atoms with van der Waals surface area (Å²) in [6.07, 6.45) is 0. The largest absolute Gasteiger partial charge is 0.340 e. The molecule has 2 aromatic carbocycles. The van der Waals surface area contributed by atoms with Gasteiger partial charge in [0.1, 0.15) is 17.7 Å². The first-order valence-electron chi connectivity index (χ1n) is 8.45. The van der Waals surface area contributed by atoms with Gasteiger partial charge in [0.05, 0.1) is 5.56 Å². The molecule has 1 atom stereocenters. The highest BCUT2D eigenvalue weighted by atomic mass is 35.5. The van der Waals surface area contributed by atoms with Crippen molar-refractivity contribution in [1.82, 2.24) is 10.2 Å². The van der Waals surface area contributed by atoms with E-state index in [0.717, 1.165) is 0 Å². The summed E-state index contributed by atoms with van der Waals surface area (Å²) in [6, 6.07) is 8.92. The molecule has 2 rings (SSSR count). The van der Waals surface area contributed by atoms with Crippen LogP contribution in [0.4, 0.5) is 8.78 Å². The smallest absolute Gasteiger partial charge is 0.254 e. The van der Waals surface area contributed by atoms with Crippen LogP contribution in [0.15, 0.2) is 42.5 Å². The van der Waals surface area contributed by atoms with Gasteiger partial charge in [-0.25, -0.2) is 8.78 Å². The maximum Gasteiger partial charge on any atom is 0.254 e. The molecule has 0 heterocycles. The first-order valence-corrected chi connectivity index (χ1v) is 8.83. The number of nitrogens with zero attached hydrogens (tertiary/aromatic N) is 1.